The average molecular weight is 232 g/mol. The molecule has 3 heteroatoms. The number of para-hydroxylation sites is 1. The van der Waals surface area contributed by atoms with Crippen LogP contribution in [0.2, 0.25) is 0 Å². The first-order valence-electron chi connectivity index (χ1n) is 5.79. The molecule has 0 aliphatic heterocycles. The number of nitrogens with one attached hydrogen (secondary N) is 1. The quantitative estimate of drug-likeness (QED) is 0.848. The number of ether oxygens (including phenoxy) is 1. The maximum atomic E-state index is 9.00. The topological polar surface area (TPSA) is 45.0 Å². The van der Waals surface area contributed by atoms with Crippen molar-refractivity contribution in [1.82, 2.24) is 0 Å². The third-order valence-electron chi connectivity index (χ3n) is 2.80. The van der Waals surface area contributed by atoms with Crippen LogP contribution in [-0.4, -0.2) is 18.8 Å². The van der Waals surface area contributed by atoms with Gasteiger partial charge in [-0.2, -0.15) is 5.26 Å². The second-order valence-electron chi connectivity index (χ2n) is 4.87. The fourth-order valence-corrected chi connectivity index (χ4v) is 1.84. The van der Waals surface area contributed by atoms with Crippen LogP contribution >= 0.6 is 0 Å². The zero-order valence-electron chi connectivity index (χ0n) is 10.9. The van der Waals surface area contributed by atoms with Gasteiger partial charge in [0.2, 0.25) is 0 Å². The molecule has 0 aliphatic rings. The SMILES string of the molecule is COC(C)(C)CC(C)Nc1ccccc1C#N. The maximum Gasteiger partial charge on any atom is 0.101 e. The molecule has 0 aromatic heterocycles. The molecule has 92 valence electrons. The minimum Gasteiger partial charge on any atom is -0.381 e. The van der Waals surface area contributed by atoms with E-state index in [0.29, 0.717) is 5.56 Å². The summed E-state index contributed by atoms with van der Waals surface area (Å²) < 4.78 is 5.40. The molecule has 0 aliphatic carbocycles. The number of nitrogens with zero attached hydrogens (tertiary/aromatic N) is 1. The predicted molar refractivity (Wildman–Crippen MR) is 69.9 cm³/mol. The van der Waals surface area contributed by atoms with Gasteiger partial charge in [0.1, 0.15) is 6.07 Å². The summed E-state index contributed by atoms with van der Waals surface area (Å²) in [6, 6.07) is 9.97. The van der Waals surface area contributed by atoms with Crippen molar-refractivity contribution in [3.63, 3.8) is 0 Å². The summed E-state index contributed by atoms with van der Waals surface area (Å²) in [7, 11) is 1.72. The molecule has 0 amide bonds. The van der Waals surface area contributed by atoms with Gasteiger partial charge in [0.25, 0.3) is 0 Å². The second-order valence-corrected chi connectivity index (χ2v) is 4.87. The van der Waals surface area contributed by atoms with Crippen LogP contribution in [0, 0.1) is 11.3 Å². The number of methoxy groups -OCH3 is 1. The highest BCUT2D eigenvalue weighted by atomic mass is 16.5. The first-order chi connectivity index (χ1) is 7.98. The summed E-state index contributed by atoms with van der Waals surface area (Å²) in [5.41, 5.74) is 1.40. The van der Waals surface area contributed by atoms with Crippen LogP contribution in [0.4, 0.5) is 5.69 Å². The smallest absolute Gasteiger partial charge is 0.101 e. The zero-order chi connectivity index (χ0) is 12.9. The van der Waals surface area contributed by atoms with Crippen LogP contribution in [0.25, 0.3) is 0 Å². The molecule has 1 aromatic rings. The highest BCUT2D eigenvalue weighted by Crippen LogP contribution is 2.20. The molecule has 0 radical (unpaired) electrons. The minimum absolute atomic E-state index is 0.159. The summed E-state index contributed by atoms with van der Waals surface area (Å²) in [4.78, 5) is 0. The van der Waals surface area contributed by atoms with Gasteiger partial charge in [-0.1, -0.05) is 12.1 Å². The zero-order valence-corrected chi connectivity index (χ0v) is 10.9. The van der Waals surface area contributed by atoms with Crippen molar-refractivity contribution in [1.29, 1.82) is 5.26 Å². The lowest BCUT2D eigenvalue weighted by Gasteiger charge is -2.27. The van der Waals surface area contributed by atoms with E-state index in [4.69, 9.17) is 10.00 Å². The molecule has 0 saturated heterocycles. The van der Waals surface area contributed by atoms with E-state index in [2.05, 4.69) is 32.2 Å². The fourth-order valence-electron chi connectivity index (χ4n) is 1.84. The van der Waals surface area contributed by atoms with Crippen molar-refractivity contribution in [3.05, 3.63) is 29.8 Å². The molecule has 1 N–H and O–H groups in total. The number of hydrogen-bond donors (Lipinski definition) is 1. The van der Waals surface area contributed by atoms with Crippen molar-refractivity contribution in [2.45, 2.75) is 38.8 Å². The van der Waals surface area contributed by atoms with Crippen molar-refractivity contribution >= 4 is 5.69 Å². The van der Waals surface area contributed by atoms with Crippen LogP contribution in [0.1, 0.15) is 32.8 Å². The lowest BCUT2D eigenvalue weighted by Crippen LogP contribution is -2.31. The molecule has 3 nitrogen and oxygen atoms in total. The molecule has 17 heavy (non-hydrogen) atoms. The summed E-state index contributed by atoms with van der Waals surface area (Å²) in [6.07, 6.45) is 0.878. The van der Waals surface area contributed by atoms with E-state index in [0.717, 1.165) is 12.1 Å². The van der Waals surface area contributed by atoms with Gasteiger partial charge in [-0.15, -0.1) is 0 Å². The Balaban J connectivity index is 2.69. The van der Waals surface area contributed by atoms with Gasteiger partial charge >= 0.3 is 0 Å². The molecule has 0 fully saturated rings. The highest BCUT2D eigenvalue weighted by Gasteiger charge is 2.20. The van der Waals surface area contributed by atoms with E-state index in [-0.39, 0.29) is 11.6 Å². The van der Waals surface area contributed by atoms with Gasteiger partial charge < -0.3 is 10.1 Å². The Kier molecular flexibility index (Phi) is 4.53. The van der Waals surface area contributed by atoms with E-state index in [1.165, 1.54) is 0 Å². The molecule has 0 heterocycles. The molecule has 1 atom stereocenters. The van der Waals surface area contributed by atoms with Crippen molar-refractivity contribution in [2.24, 2.45) is 0 Å². The molecule has 0 bridgehead atoms. The minimum atomic E-state index is -0.159. The standard InChI is InChI=1S/C14H20N2O/c1-11(9-14(2,3)17-4)16-13-8-6-5-7-12(13)10-15/h5-8,11,16H,9H2,1-4H3. The van der Waals surface area contributed by atoms with Gasteiger partial charge in [-0.05, 0) is 39.3 Å². The lowest BCUT2D eigenvalue weighted by atomic mass is 9.99. The predicted octanol–water partition coefficient (Wildman–Crippen LogP) is 3.17. The van der Waals surface area contributed by atoms with Crippen molar-refractivity contribution in [3.8, 4) is 6.07 Å². The molecular formula is C14H20N2O. The summed E-state index contributed by atoms with van der Waals surface area (Å²) in [6.45, 7) is 6.21. The number of anilines is 1. The Labute approximate surface area is 103 Å². The Bertz CT molecular complexity index is 407. The Morgan fingerprint density at radius 3 is 2.65 bits per heavy atom. The Hall–Kier alpha value is -1.53. The maximum absolute atomic E-state index is 9.00. The van der Waals surface area contributed by atoms with E-state index >= 15 is 0 Å². The van der Waals surface area contributed by atoms with E-state index in [1.807, 2.05) is 24.3 Å². The number of hydrogen-bond acceptors (Lipinski definition) is 3. The van der Waals surface area contributed by atoms with E-state index < -0.39 is 0 Å². The first-order valence-corrected chi connectivity index (χ1v) is 5.79. The third-order valence-corrected chi connectivity index (χ3v) is 2.80. The van der Waals surface area contributed by atoms with E-state index in [1.54, 1.807) is 7.11 Å². The van der Waals surface area contributed by atoms with Gasteiger partial charge in [-0.25, -0.2) is 0 Å². The van der Waals surface area contributed by atoms with Gasteiger partial charge in [-0.3, -0.25) is 0 Å². The largest absolute Gasteiger partial charge is 0.381 e. The van der Waals surface area contributed by atoms with Crippen molar-refractivity contribution < 1.29 is 4.74 Å². The third kappa shape index (κ3) is 4.08. The molecule has 0 spiro atoms. The molecule has 1 aromatic carbocycles. The van der Waals surface area contributed by atoms with Gasteiger partial charge in [0.05, 0.1) is 16.9 Å². The number of nitriles is 1. The Morgan fingerprint density at radius 2 is 2.06 bits per heavy atom. The first kappa shape index (κ1) is 13.5. The molecular weight excluding hydrogens is 212 g/mol. The summed E-state index contributed by atoms with van der Waals surface area (Å²) in [5.74, 6) is 0. The fraction of sp³-hybridized carbons (Fsp3) is 0.500. The van der Waals surface area contributed by atoms with Crippen LogP contribution in [-0.2, 0) is 4.74 Å². The Morgan fingerprint density at radius 1 is 1.41 bits per heavy atom. The van der Waals surface area contributed by atoms with Crippen LogP contribution < -0.4 is 5.32 Å². The second kappa shape index (κ2) is 5.70. The molecule has 1 rings (SSSR count). The number of benzene rings is 1. The number of rotatable bonds is 5. The van der Waals surface area contributed by atoms with Crippen molar-refractivity contribution in [2.75, 3.05) is 12.4 Å². The monoisotopic (exact) mass is 232 g/mol. The van der Waals surface area contributed by atoms with Crippen LogP contribution in [0.15, 0.2) is 24.3 Å². The van der Waals surface area contributed by atoms with Crippen LogP contribution in [0.5, 0.6) is 0 Å². The lowest BCUT2D eigenvalue weighted by molar-refractivity contribution is 0.0128. The van der Waals surface area contributed by atoms with Gasteiger partial charge in [0.15, 0.2) is 0 Å². The average Bonchev–Trinajstić information content (AvgIpc) is 2.29. The molecule has 0 saturated carbocycles. The van der Waals surface area contributed by atoms with E-state index in [9.17, 15) is 0 Å². The highest BCUT2D eigenvalue weighted by molar-refractivity contribution is 5.57. The van der Waals surface area contributed by atoms with Gasteiger partial charge in [0, 0.05) is 13.2 Å². The summed E-state index contributed by atoms with van der Waals surface area (Å²) >= 11 is 0. The van der Waals surface area contributed by atoms with Crippen LogP contribution in [0.3, 0.4) is 0 Å². The molecule has 1 unspecified atom stereocenters. The normalized spacial score (nSPS) is 12.9. The summed E-state index contributed by atoms with van der Waals surface area (Å²) in [5, 5.41) is 12.3.